The summed E-state index contributed by atoms with van der Waals surface area (Å²) in [5.74, 6) is -0.688. The molecule has 25 heavy (non-hydrogen) atoms. The first-order chi connectivity index (χ1) is 11.7. The van der Waals surface area contributed by atoms with Gasteiger partial charge in [-0.05, 0) is 6.92 Å². The summed E-state index contributed by atoms with van der Waals surface area (Å²) in [4.78, 5) is 11.3. The Hall–Kier alpha value is -0.890. The molecule has 2 fully saturated rings. The fourth-order valence-electron chi connectivity index (χ4n) is 2.85. The summed E-state index contributed by atoms with van der Waals surface area (Å²) in [5.41, 5.74) is 0. The highest BCUT2D eigenvalue weighted by Crippen LogP contribution is 2.29. The van der Waals surface area contributed by atoms with Crippen LogP contribution in [0.3, 0.4) is 0 Å². The van der Waals surface area contributed by atoms with Crippen molar-refractivity contribution in [1.82, 2.24) is 0 Å². The summed E-state index contributed by atoms with van der Waals surface area (Å²) >= 11 is 0. The monoisotopic (exact) mass is 368 g/mol. The summed E-state index contributed by atoms with van der Waals surface area (Å²) in [5, 5.41) is 58.6. The Morgan fingerprint density at radius 3 is 2.16 bits per heavy atom. The zero-order valence-corrected chi connectivity index (χ0v) is 13.7. The number of hydrogen-bond acceptors (Lipinski definition) is 11. The van der Waals surface area contributed by atoms with Gasteiger partial charge < -0.3 is 49.6 Å². The Bertz CT molecular complexity index is 458. The molecule has 10 atom stereocenters. The third-order valence-electron chi connectivity index (χ3n) is 4.21. The molecule has 11 heteroatoms. The van der Waals surface area contributed by atoms with Gasteiger partial charge in [-0.3, -0.25) is 4.79 Å². The van der Waals surface area contributed by atoms with Gasteiger partial charge in [-0.15, -0.1) is 0 Å². The number of rotatable bonds is 4. The Balaban J connectivity index is 2.19. The molecule has 0 aromatic carbocycles. The minimum atomic E-state index is -1.71. The van der Waals surface area contributed by atoms with E-state index >= 15 is 0 Å². The molecule has 0 saturated carbocycles. The number of ether oxygens (including phenoxy) is 4. The van der Waals surface area contributed by atoms with Crippen LogP contribution in [0.1, 0.15) is 13.8 Å². The summed E-state index contributed by atoms with van der Waals surface area (Å²) in [7, 11) is 0. The summed E-state index contributed by atoms with van der Waals surface area (Å²) in [6, 6.07) is 0. The maximum atomic E-state index is 11.3. The van der Waals surface area contributed by atoms with E-state index in [0.29, 0.717) is 0 Å². The topological polar surface area (TPSA) is 175 Å². The number of aliphatic hydroxyl groups excluding tert-OH is 6. The molecular weight excluding hydrogens is 344 g/mol. The average molecular weight is 368 g/mol. The first-order valence-electron chi connectivity index (χ1n) is 7.82. The van der Waals surface area contributed by atoms with Crippen molar-refractivity contribution in [1.29, 1.82) is 0 Å². The summed E-state index contributed by atoms with van der Waals surface area (Å²) in [6.07, 6.45) is -14.4. The van der Waals surface area contributed by atoms with Crippen molar-refractivity contribution in [2.75, 3.05) is 6.61 Å². The minimum absolute atomic E-state index is 0.659. The highest BCUT2D eigenvalue weighted by atomic mass is 16.7. The molecule has 0 amide bonds. The third kappa shape index (κ3) is 4.27. The van der Waals surface area contributed by atoms with Gasteiger partial charge in [0.05, 0.1) is 12.7 Å². The number of esters is 1. The number of hydrogen-bond donors (Lipinski definition) is 6. The van der Waals surface area contributed by atoms with Gasteiger partial charge in [0.25, 0.3) is 0 Å². The molecule has 0 aromatic heterocycles. The average Bonchev–Trinajstić information content (AvgIpc) is 2.55. The van der Waals surface area contributed by atoms with Crippen LogP contribution < -0.4 is 0 Å². The highest BCUT2D eigenvalue weighted by Gasteiger charge is 2.50. The van der Waals surface area contributed by atoms with Gasteiger partial charge in [0.2, 0.25) is 0 Å². The number of carbonyl (C=O) groups excluding carboxylic acids is 1. The molecule has 0 aliphatic carbocycles. The normalized spacial score (nSPS) is 48.2. The molecule has 0 bridgehead atoms. The fraction of sp³-hybridized carbons (Fsp3) is 0.929. The Morgan fingerprint density at radius 2 is 1.60 bits per heavy atom. The second-order valence-electron chi connectivity index (χ2n) is 6.09. The molecule has 146 valence electrons. The zero-order valence-electron chi connectivity index (χ0n) is 13.7. The first-order valence-corrected chi connectivity index (χ1v) is 7.82. The summed E-state index contributed by atoms with van der Waals surface area (Å²) in [6.45, 7) is 1.95. The molecule has 0 spiro atoms. The lowest BCUT2D eigenvalue weighted by Gasteiger charge is -2.45. The van der Waals surface area contributed by atoms with Gasteiger partial charge in [0.1, 0.15) is 36.6 Å². The van der Waals surface area contributed by atoms with Crippen molar-refractivity contribution in [2.45, 2.75) is 75.3 Å². The molecule has 0 aromatic rings. The van der Waals surface area contributed by atoms with Crippen LogP contribution in [-0.4, -0.2) is 105 Å². The Morgan fingerprint density at radius 1 is 0.960 bits per heavy atom. The maximum absolute atomic E-state index is 11.3. The van der Waals surface area contributed by atoms with Gasteiger partial charge in [-0.25, -0.2) is 0 Å². The van der Waals surface area contributed by atoms with Crippen molar-refractivity contribution in [2.24, 2.45) is 0 Å². The largest absolute Gasteiger partial charge is 0.457 e. The fourth-order valence-corrected chi connectivity index (χ4v) is 2.85. The van der Waals surface area contributed by atoms with E-state index in [1.54, 1.807) is 0 Å². The van der Waals surface area contributed by atoms with Gasteiger partial charge in [0, 0.05) is 6.92 Å². The predicted molar refractivity (Wildman–Crippen MR) is 76.8 cm³/mol. The van der Waals surface area contributed by atoms with Crippen molar-refractivity contribution in [3.05, 3.63) is 0 Å². The molecule has 2 saturated heterocycles. The second kappa shape index (κ2) is 8.20. The molecule has 0 unspecified atom stereocenters. The van der Waals surface area contributed by atoms with Crippen LogP contribution in [0.5, 0.6) is 0 Å². The number of aliphatic hydroxyl groups is 6. The van der Waals surface area contributed by atoms with Crippen LogP contribution in [0.25, 0.3) is 0 Å². The van der Waals surface area contributed by atoms with Crippen LogP contribution in [0.2, 0.25) is 0 Å². The van der Waals surface area contributed by atoms with E-state index < -0.39 is 74.0 Å². The molecular formula is C14H24O11. The van der Waals surface area contributed by atoms with Crippen LogP contribution in [0.15, 0.2) is 0 Å². The molecule has 6 N–H and O–H groups in total. The summed E-state index contributed by atoms with van der Waals surface area (Å²) < 4.78 is 20.7. The van der Waals surface area contributed by atoms with E-state index in [1.807, 2.05) is 0 Å². The van der Waals surface area contributed by atoms with Gasteiger partial charge >= 0.3 is 5.97 Å². The quantitative estimate of drug-likeness (QED) is 0.268. The standard InChI is InChI=1S/C14H24O11/c1-4-11(23-5(2)16)12(10(20)13(21)22-4)25-14-9(19)8(18)7(17)6(3-15)24-14/h4,6-15,17-21H,3H2,1-2H3/t4-,6+,7+,8-,9+,10+,11-,12-,13+,14-/m0/s1. The van der Waals surface area contributed by atoms with Crippen molar-refractivity contribution in [3.63, 3.8) is 0 Å². The molecule has 2 aliphatic heterocycles. The van der Waals surface area contributed by atoms with Gasteiger partial charge in [-0.2, -0.15) is 0 Å². The van der Waals surface area contributed by atoms with E-state index in [9.17, 15) is 35.4 Å². The van der Waals surface area contributed by atoms with E-state index in [0.717, 1.165) is 6.92 Å². The highest BCUT2D eigenvalue weighted by molar-refractivity contribution is 5.66. The predicted octanol–water partition coefficient (Wildman–Crippen LogP) is -3.80. The van der Waals surface area contributed by atoms with Crippen molar-refractivity contribution in [3.8, 4) is 0 Å². The van der Waals surface area contributed by atoms with E-state index in [4.69, 9.17) is 18.9 Å². The van der Waals surface area contributed by atoms with Crippen molar-refractivity contribution < 1.29 is 54.4 Å². The Kier molecular flexibility index (Phi) is 6.70. The zero-order chi connectivity index (χ0) is 18.9. The molecule has 0 radical (unpaired) electrons. The Labute approximate surface area is 143 Å². The van der Waals surface area contributed by atoms with E-state index in [2.05, 4.69) is 0 Å². The van der Waals surface area contributed by atoms with Gasteiger partial charge in [-0.1, -0.05) is 0 Å². The lowest BCUT2D eigenvalue weighted by Crippen LogP contribution is -2.64. The van der Waals surface area contributed by atoms with Crippen LogP contribution in [0, 0.1) is 0 Å². The van der Waals surface area contributed by atoms with Crippen LogP contribution in [-0.2, 0) is 23.7 Å². The van der Waals surface area contributed by atoms with Crippen molar-refractivity contribution >= 4 is 5.97 Å². The first kappa shape index (κ1) is 20.4. The lowest BCUT2D eigenvalue weighted by molar-refractivity contribution is -0.353. The van der Waals surface area contributed by atoms with E-state index in [1.165, 1.54) is 6.92 Å². The minimum Gasteiger partial charge on any atom is -0.457 e. The molecule has 2 heterocycles. The van der Waals surface area contributed by atoms with E-state index in [-0.39, 0.29) is 0 Å². The lowest BCUT2D eigenvalue weighted by atomic mass is 9.97. The number of carbonyl (C=O) groups is 1. The SMILES string of the molecule is CC(=O)O[C@@H]1[C@@H](O[C@@H]2O[C@H](CO)[C@@H](O)[C@H](O)[C@H]2O)[C@@H](O)[C@H](O)O[C@H]1C. The van der Waals surface area contributed by atoms with Crippen LogP contribution >= 0.6 is 0 Å². The third-order valence-corrected chi connectivity index (χ3v) is 4.21. The molecule has 2 aliphatic rings. The molecule has 11 nitrogen and oxygen atoms in total. The smallest absolute Gasteiger partial charge is 0.303 e. The molecule has 2 rings (SSSR count). The maximum Gasteiger partial charge on any atom is 0.303 e. The van der Waals surface area contributed by atoms with Gasteiger partial charge in [0.15, 0.2) is 18.7 Å². The second-order valence-corrected chi connectivity index (χ2v) is 6.09. The van der Waals surface area contributed by atoms with Crippen LogP contribution in [0.4, 0.5) is 0 Å².